The molecule has 1 heterocycles. The second-order valence-electron chi connectivity index (χ2n) is 4.18. The number of carbonyl (C=O) groups is 1. The molecule has 1 fully saturated rings. The van der Waals surface area contributed by atoms with E-state index in [2.05, 4.69) is 5.32 Å². The van der Waals surface area contributed by atoms with Crippen LogP contribution in [0.15, 0.2) is 24.3 Å². The number of nitrogens with one attached hydrogen (secondary N) is 1. The van der Waals surface area contributed by atoms with E-state index in [0.717, 1.165) is 23.7 Å². The largest absolute Gasteiger partial charge is 0.341 e. The summed E-state index contributed by atoms with van der Waals surface area (Å²) in [6.45, 7) is 2.26. The number of amides is 1. The molecule has 0 aliphatic carbocycles. The lowest BCUT2D eigenvalue weighted by atomic mass is 10.0. The van der Waals surface area contributed by atoms with E-state index in [0.29, 0.717) is 6.54 Å². The van der Waals surface area contributed by atoms with Crippen molar-refractivity contribution in [2.75, 3.05) is 20.1 Å². The summed E-state index contributed by atoms with van der Waals surface area (Å²) in [5.74, 6) is 0.381. The van der Waals surface area contributed by atoms with E-state index in [1.807, 2.05) is 31.3 Å². The Morgan fingerprint density at radius 3 is 2.56 bits per heavy atom. The fraction of sp³-hybridized carbons (Fsp3) is 0.417. The van der Waals surface area contributed by atoms with E-state index < -0.39 is 0 Å². The first kappa shape index (κ1) is 11.4. The van der Waals surface area contributed by atoms with Crippen molar-refractivity contribution >= 4 is 17.5 Å². The summed E-state index contributed by atoms with van der Waals surface area (Å²) in [7, 11) is 1.84. The summed E-state index contributed by atoms with van der Waals surface area (Å²) >= 11 is 5.80. The number of benzene rings is 1. The topological polar surface area (TPSA) is 32.3 Å². The Labute approximate surface area is 100 Å². The van der Waals surface area contributed by atoms with Gasteiger partial charge in [0.25, 0.3) is 0 Å². The van der Waals surface area contributed by atoms with Gasteiger partial charge in [0.1, 0.15) is 0 Å². The highest BCUT2D eigenvalue weighted by Gasteiger charge is 2.27. The monoisotopic (exact) mass is 238 g/mol. The minimum atomic E-state index is 0.164. The maximum Gasteiger partial charge on any atom is 0.228 e. The third-order valence-electron chi connectivity index (χ3n) is 2.84. The molecule has 16 heavy (non-hydrogen) atoms. The van der Waals surface area contributed by atoms with E-state index in [-0.39, 0.29) is 11.8 Å². The van der Waals surface area contributed by atoms with Crippen molar-refractivity contribution in [3.63, 3.8) is 0 Å². The molecule has 2 rings (SSSR count). The Bertz CT molecular complexity index is 373. The highest BCUT2D eigenvalue weighted by molar-refractivity contribution is 6.30. The maximum absolute atomic E-state index is 11.9. The minimum absolute atomic E-state index is 0.164. The molecule has 1 amide bonds. The van der Waals surface area contributed by atoms with Gasteiger partial charge >= 0.3 is 0 Å². The lowest BCUT2D eigenvalue weighted by Crippen LogP contribution is -2.50. The van der Waals surface area contributed by atoms with Gasteiger partial charge in [-0.2, -0.15) is 0 Å². The molecule has 0 saturated carbocycles. The number of hydrogen-bond acceptors (Lipinski definition) is 2. The molecule has 0 atom stereocenters. The minimum Gasteiger partial charge on any atom is -0.341 e. The molecule has 1 N–H and O–H groups in total. The van der Waals surface area contributed by atoms with Crippen LogP contribution in [-0.4, -0.2) is 30.9 Å². The van der Waals surface area contributed by atoms with Crippen LogP contribution in [0.4, 0.5) is 0 Å². The summed E-state index contributed by atoms with van der Waals surface area (Å²) in [4.78, 5) is 13.6. The van der Waals surface area contributed by atoms with Crippen LogP contribution in [0.1, 0.15) is 5.56 Å². The lowest BCUT2D eigenvalue weighted by Gasteiger charge is -2.30. The van der Waals surface area contributed by atoms with Crippen LogP contribution in [0.2, 0.25) is 5.02 Å². The highest BCUT2D eigenvalue weighted by Crippen LogP contribution is 2.13. The molecular formula is C12H15ClN2O. The predicted octanol–water partition coefficient (Wildman–Crippen LogP) is 1.52. The van der Waals surface area contributed by atoms with E-state index in [1.54, 1.807) is 4.90 Å². The fourth-order valence-electron chi connectivity index (χ4n) is 1.72. The summed E-state index contributed by atoms with van der Waals surface area (Å²) in [5.41, 5.74) is 1.10. The fourth-order valence-corrected chi connectivity index (χ4v) is 1.84. The van der Waals surface area contributed by atoms with Crippen LogP contribution in [0, 0.1) is 5.92 Å². The first-order valence-corrected chi connectivity index (χ1v) is 5.75. The number of halogens is 1. The van der Waals surface area contributed by atoms with Crippen molar-refractivity contribution < 1.29 is 4.79 Å². The van der Waals surface area contributed by atoms with Gasteiger partial charge in [0.15, 0.2) is 0 Å². The molecule has 1 aliphatic rings. The predicted molar refractivity (Wildman–Crippen MR) is 64.3 cm³/mol. The Morgan fingerprint density at radius 2 is 2.06 bits per heavy atom. The standard InChI is InChI=1S/C12H15ClN2O/c1-15(12(16)10-6-14-7-10)8-9-2-4-11(13)5-3-9/h2-5,10,14H,6-8H2,1H3. The van der Waals surface area contributed by atoms with Gasteiger partial charge < -0.3 is 10.2 Å². The summed E-state index contributed by atoms with van der Waals surface area (Å²) < 4.78 is 0. The van der Waals surface area contributed by atoms with Crippen LogP contribution in [0.3, 0.4) is 0 Å². The zero-order valence-corrected chi connectivity index (χ0v) is 10.00. The second kappa shape index (κ2) is 4.85. The first-order valence-electron chi connectivity index (χ1n) is 5.37. The van der Waals surface area contributed by atoms with Crippen molar-refractivity contribution in [2.24, 2.45) is 5.92 Å². The normalized spacial score (nSPS) is 15.6. The van der Waals surface area contributed by atoms with Gasteiger partial charge in [-0.1, -0.05) is 23.7 Å². The molecule has 4 heteroatoms. The van der Waals surface area contributed by atoms with Crippen molar-refractivity contribution in [1.29, 1.82) is 0 Å². The van der Waals surface area contributed by atoms with Gasteiger partial charge in [0.2, 0.25) is 5.91 Å². The van der Waals surface area contributed by atoms with Gasteiger partial charge in [-0.3, -0.25) is 4.79 Å². The number of hydrogen-bond donors (Lipinski definition) is 1. The van der Waals surface area contributed by atoms with E-state index in [1.165, 1.54) is 0 Å². The summed E-state index contributed by atoms with van der Waals surface area (Å²) in [6, 6.07) is 7.59. The molecule has 0 radical (unpaired) electrons. The SMILES string of the molecule is CN(Cc1ccc(Cl)cc1)C(=O)C1CNC1. The van der Waals surface area contributed by atoms with E-state index >= 15 is 0 Å². The Kier molecular flexibility index (Phi) is 3.46. The van der Waals surface area contributed by atoms with Crippen molar-refractivity contribution in [1.82, 2.24) is 10.2 Å². The molecule has 1 aromatic carbocycles. The maximum atomic E-state index is 11.9. The van der Waals surface area contributed by atoms with Crippen molar-refractivity contribution in [2.45, 2.75) is 6.54 Å². The van der Waals surface area contributed by atoms with E-state index in [9.17, 15) is 4.79 Å². The van der Waals surface area contributed by atoms with Crippen molar-refractivity contribution in [3.05, 3.63) is 34.9 Å². The van der Waals surface area contributed by atoms with Crippen molar-refractivity contribution in [3.8, 4) is 0 Å². The van der Waals surface area contributed by atoms with Crippen LogP contribution in [-0.2, 0) is 11.3 Å². The summed E-state index contributed by atoms with van der Waals surface area (Å²) in [5, 5.41) is 3.83. The number of rotatable bonds is 3. The molecule has 0 bridgehead atoms. The Hall–Kier alpha value is -1.06. The van der Waals surface area contributed by atoms with Gasteiger partial charge in [-0.05, 0) is 17.7 Å². The highest BCUT2D eigenvalue weighted by atomic mass is 35.5. The number of carbonyl (C=O) groups excluding carboxylic acids is 1. The smallest absolute Gasteiger partial charge is 0.228 e. The average Bonchev–Trinajstić information content (AvgIpc) is 2.19. The zero-order valence-electron chi connectivity index (χ0n) is 9.24. The molecule has 1 aliphatic heterocycles. The lowest BCUT2D eigenvalue weighted by molar-refractivity contribution is -0.136. The average molecular weight is 239 g/mol. The van der Waals surface area contributed by atoms with Gasteiger partial charge in [0, 0.05) is 31.7 Å². The second-order valence-corrected chi connectivity index (χ2v) is 4.61. The molecule has 0 unspecified atom stereocenters. The quantitative estimate of drug-likeness (QED) is 0.866. The third kappa shape index (κ3) is 2.54. The van der Waals surface area contributed by atoms with Gasteiger partial charge in [-0.25, -0.2) is 0 Å². The third-order valence-corrected chi connectivity index (χ3v) is 3.09. The number of nitrogens with zero attached hydrogens (tertiary/aromatic N) is 1. The van der Waals surface area contributed by atoms with Crippen LogP contribution < -0.4 is 5.32 Å². The van der Waals surface area contributed by atoms with Crippen LogP contribution >= 0.6 is 11.6 Å². The Balaban J connectivity index is 1.93. The van der Waals surface area contributed by atoms with Crippen LogP contribution in [0.5, 0.6) is 0 Å². The van der Waals surface area contributed by atoms with E-state index in [4.69, 9.17) is 11.6 Å². The molecular weight excluding hydrogens is 224 g/mol. The van der Waals surface area contributed by atoms with Gasteiger partial charge in [0.05, 0.1) is 5.92 Å². The molecule has 1 aromatic rings. The molecule has 0 spiro atoms. The zero-order chi connectivity index (χ0) is 11.5. The first-order chi connectivity index (χ1) is 7.66. The summed E-state index contributed by atoms with van der Waals surface area (Å²) in [6.07, 6.45) is 0. The van der Waals surface area contributed by atoms with Crippen LogP contribution in [0.25, 0.3) is 0 Å². The Morgan fingerprint density at radius 1 is 1.44 bits per heavy atom. The molecule has 0 aromatic heterocycles. The van der Waals surface area contributed by atoms with Gasteiger partial charge in [-0.15, -0.1) is 0 Å². The molecule has 1 saturated heterocycles. The molecule has 86 valence electrons. The molecule has 3 nitrogen and oxygen atoms in total.